The molecule has 0 atom stereocenters. The van der Waals surface area contributed by atoms with Crippen LogP contribution >= 0.6 is 23.2 Å². The fourth-order valence-electron chi connectivity index (χ4n) is 1.03. The molecule has 0 aliphatic heterocycles. The minimum absolute atomic E-state index is 0.118. The smallest absolute Gasteiger partial charge is 0.225 e. The van der Waals surface area contributed by atoms with Crippen LogP contribution in [0.2, 0.25) is 5.02 Å². The second-order valence-electron chi connectivity index (χ2n) is 2.97. The maximum absolute atomic E-state index is 11.2. The Balaban J connectivity index is 2.75. The van der Waals surface area contributed by atoms with Crippen LogP contribution in [-0.2, 0) is 4.79 Å². The van der Waals surface area contributed by atoms with Crippen LogP contribution in [-0.4, -0.2) is 11.8 Å². The molecule has 1 rings (SSSR count). The summed E-state index contributed by atoms with van der Waals surface area (Å²) in [5.74, 6) is 0.197. The topological polar surface area (TPSA) is 29.1 Å². The third-order valence-electron chi connectivity index (χ3n) is 1.72. The van der Waals surface area contributed by atoms with E-state index in [9.17, 15) is 4.79 Å². The first kappa shape index (κ1) is 11.3. The molecule has 0 aliphatic rings. The average molecular weight is 232 g/mol. The van der Waals surface area contributed by atoms with Gasteiger partial charge in [0.2, 0.25) is 5.91 Å². The monoisotopic (exact) mass is 231 g/mol. The highest BCUT2D eigenvalue weighted by Crippen LogP contribution is 2.22. The number of anilines is 1. The molecule has 0 aromatic heterocycles. The maximum Gasteiger partial charge on any atom is 0.225 e. The van der Waals surface area contributed by atoms with Crippen molar-refractivity contribution in [1.82, 2.24) is 0 Å². The molecule has 0 radical (unpaired) electrons. The fourth-order valence-corrected chi connectivity index (χ4v) is 1.37. The van der Waals surface area contributed by atoms with Crippen molar-refractivity contribution < 1.29 is 4.79 Å². The molecule has 1 aromatic rings. The first-order chi connectivity index (χ1) is 6.63. The van der Waals surface area contributed by atoms with E-state index in [1.165, 1.54) is 0 Å². The minimum atomic E-state index is -0.118. The van der Waals surface area contributed by atoms with E-state index >= 15 is 0 Å². The molecule has 1 amide bonds. The molecule has 0 saturated carbocycles. The summed E-state index contributed by atoms with van der Waals surface area (Å²) in [4.78, 5) is 11.2. The summed E-state index contributed by atoms with van der Waals surface area (Å²) in [6.07, 6.45) is 0.297. The Morgan fingerprint density at radius 1 is 1.50 bits per heavy atom. The van der Waals surface area contributed by atoms with Gasteiger partial charge >= 0.3 is 0 Å². The molecule has 0 bridgehead atoms. The highest BCUT2D eigenvalue weighted by molar-refractivity contribution is 6.33. The van der Waals surface area contributed by atoms with Crippen molar-refractivity contribution in [2.45, 2.75) is 13.3 Å². The first-order valence-corrected chi connectivity index (χ1v) is 5.16. The summed E-state index contributed by atoms with van der Waals surface area (Å²) in [5, 5.41) is 3.24. The number of benzene rings is 1. The van der Waals surface area contributed by atoms with Gasteiger partial charge in [0, 0.05) is 12.3 Å². The molecule has 0 heterocycles. The number of carbonyl (C=O) groups is 1. The van der Waals surface area contributed by atoms with Crippen LogP contribution in [0.15, 0.2) is 18.2 Å². The summed E-state index contributed by atoms with van der Waals surface area (Å²) >= 11 is 11.3. The van der Waals surface area contributed by atoms with Gasteiger partial charge in [-0.15, -0.1) is 11.6 Å². The summed E-state index contributed by atoms with van der Waals surface area (Å²) in [7, 11) is 0. The summed E-state index contributed by atoms with van der Waals surface area (Å²) in [6, 6.07) is 5.47. The normalized spacial score (nSPS) is 9.93. The predicted molar refractivity (Wildman–Crippen MR) is 60.2 cm³/mol. The minimum Gasteiger partial charge on any atom is -0.325 e. The van der Waals surface area contributed by atoms with Gasteiger partial charge in [-0.05, 0) is 24.6 Å². The Morgan fingerprint density at radius 2 is 2.21 bits per heavy atom. The molecule has 0 fully saturated rings. The van der Waals surface area contributed by atoms with Crippen molar-refractivity contribution in [2.24, 2.45) is 0 Å². The highest BCUT2D eigenvalue weighted by Gasteiger charge is 2.04. The number of hydrogen-bond acceptors (Lipinski definition) is 1. The number of amides is 1. The molecule has 0 aliphatic carbocycles. The zero-order chi connectivity index (χ0) is 10.6. The number of halogens is 2. The lowest BCUT2D eigenvalue weighted by Gasteiger charge is -2.06. The molecule has 0 spiro atoms. The van der Waals surface area contributed by atoms with E-state index in [1.54, 1.807) is 6.07 Å². The Morgan fingerprint density at radius 3 is 2.86 bits per heavy atom. The number of aryl methyl sites for hydroxylation is 1. The molecule has 1 aromatic carbocycles. The molecular weight excluding hydrogens is 221 g/mol. The molecule has 1 N–H and O–H groups in total. The summed E-state index contributed by atoms with van der Waals surface area (Å²) < 4.78 is 0. The van der Waals surface area contributed by atoms with Gasteiger partial charge in [0.1, 0.15) is 0 Å². The van der Waals surface area contributed by atoms with Gasteiger partial charge in [-0.25, -0.2) is 0 Å². The Kier molecular flexibility index (Phi) is 4.23. The molecule has 4 heteroatoms. The van der Waals surface area contributed by atoms with Crippen molar-refractivity contribution in [3.63, 3.8) is 0 Å². The van der Waals surface area contributed by atoms with Gasteiger partial charge in [-0.1, -0.05) is 17.7 Å². The first-order valence-electron chi connectivity index (χ1n) is 4.25. The molecular formula is C10H11Cl2NO. The van der Waals surface area contributed by atoms with Gasteiger partial charge in [0.05, 0.1) is 10.7 Å². The van der Waals surface area contributed by atoms with Crippen molar-refractivity contribution in [3.8, 4) is 0 Å². The number of carbonyl (C=O) groups excluding carboxylic acids is 1. The summed E-state index contributed by atoms with van der Waals surface area (Å²) in [5.41, 5.74) is 1.69. The van der Waals surface area contributed by atoms with Crippen LogP contribution in [0.4, 0.5) is 5.69 Å². The molecule has 0 unspecified atom stereocenters. The Bertz CT molecular complexity index is 339. The van der Waals surface area contributed by atoms with E-state index in [4.69, 9.17) is 23.2 Å². The van der Waals surface area contributed by atoms with E-state index in [1.807, 2.05) is 19.1 Å². The van der Waals surface area contributed by atoms with E-state index in [-0.39, 0.29) is 5.91 Å². The van der Waals surface area contributed by atoms with Gasteiger partial charge in [-0.3, -0.25) is 4.79 Å². The predicted octanol–water partition coefficient (Wildman–Crippen LogP) is 3.22. The van der Waals surface area contributed by atoms with Crippen LogP contribution in [0.25, 0.3) is 0 Å². The van der Waals surface area contributed by atoms with E-state index in [2.05, 4.69) is 5.32 Å². The largest absolute Gasteiger partial charge is 0.325 e. The van der Waals surface area contributed by atoms with Gasteiger partial charge in [0.25, 0.3) is 0 Å². The standard InChI is InChI=1S/C10H11Cl2NO/c1-7-2-3-8(12)9(6-7)13-10(14)4-5-11/h2-3,6H,4-5H2,1H3,(H,13,14). The molecule has 2 nitrogen and oxygen atoms in total. The molecule has 0 saturated heterocycles. The van der Waals surface area contributed by atoms with Gasteiger partial charge in [-0.2, -0.15) is 0 Å². The van der Waals surface area contributed by atoms with Crippen LogP contribution in [0.5, 0.6) is 0 Å². The number of nitrogens with one attached hydrogen (secondary N) is 1. The second-order valence-corrected chi connectivity index (χ2v) is 3.76. The SMILES string of the molecule is Cc1ccc(Cl)c(NC(=O)CCCl)c1. The lowest BCUT2D eigenvalue weighted by atomic mass is 10.2. The Labute approximate surface area is 93.2 Å². The molecule has 14 heavy (non-hydrogen) atoms. The third kappa shape index (κ3) is 3.20. The second kappa shape index (κ2) is 5.23. The van der Waals surface area contributed by atoms with Crippen molar-refractivity contribution in [2.75, 3.05) is 11.2 Å². The van der Waals surface area contributed by atoms with Crippen LogP contribution in [0.1, 0.15) is 12.0 Å². The van der Waals surface area contributed by atoms with Gasteiger partial charge < -0.3 is 5.32 Å². The Hall–Kier alpha value is -0.730. The average Bonchev–Trinajstić information content (AvgIpc) is 2.12. The van der Waals surface area contributed by atoms with Crippen LogP contribution < -0.4 is 5.32 Å². The fraction of sp³-hybridized carbons (Fsp3) is 0.300. The van der Waals surface area contributed by atoms with E-state index in [0.29, 0.717) is 23.0 Å². The summed E-state index contributed by atoms with van der Waals surface area (Å²) in [6.45, 7) is 1.94. The zero-order valence-corrected chi connectivity index (χ0v) is 9.32. The van der Waals surface area contributed by atoms with Crippen molar-refractivity contribution in [1.29, 1.82) is 0 Å². The zero-order valence-electron chi connectivity index (χ0n) is 7.81. The highest BCUT2D eigenvalue weighted by atomic mass is 35.5. The van der Waals surface area contributed by atoms with Crippen LogP contribution in [0, 0.1) is 6.92 Å². The lowest BCUT2D eigenvalue weighted by Crippen LogP contribution is -2.12. The van der Waals surface area contributed by atoms with E-state index < -0.39 is 0 Å². The van der Waals surface area contributed by atoms with Crippen molar-refractivity contribution >= 4 is 34.8 Å². The number of rotatable bonds is 3. The lowest BCUT2D eigenvalue weighted by molar-refractivity contribution is -0.115. The van der Waals surface area contributed by atoms with Crippen LogP contribution in [0.3, 0.4) is 0 Å². The number of alkyl halides is 1. The van der Waals surface area contributed by atoms with E-state index in [0.717, 1.165) is 5.56 Å². The van der Waals surface area contributed by atoms with Gasteiger partial charge in [0.15, 0.2) is 0 Å². The third-order valence-corrected chi connectivity index (χ3v) is 2.24. The number of hydrogen-bond donors (Lipinski definition) is 1. The quantitative estimate of drug-likeness (QED) is 0.796. The molecule has 76 valence electrons. The van der Waals surface area contributed by atoms with Crippen molar-refractivity contribution in [3.05, 3.63) is 28.8 Å². The maximum atomic E-state index is 11.2.